The van der Waals surface area contributed by atoms with E-state index in [1.165, 1.54) is 67.7 Å². The van der Waals surface area contributed by atoms with Gasteiger partial charge in [-0.05, 0) is 61.4 Å². The van der Waals surface area contributed by atoms with Gasteiger partial charge in [-0.3, -0.25) is 13.9 Å². The molecule has 0 aliphatic rings. The number of sulfonamides is 1. The molecule has 0 saturated heterocycles. The summed E-state index contributed by atoms with van der Waals surface area (Å²) in [6.45, 7) is 3.63. The predicted molar refractivity (Wildman–Crippen MR) is 190 cm³/mol. The maximum atomic E-state index is 15.1. The number of benzene rings is 4. The molecule has 266 valence electrons. The number of hydrogen-bond acceptors (Lipinski definition) is 7. The summed E-state index contributed by atoms with van der Waals surface area (Å²) in [5.41, 5.74) is 1.13. The highest BCUT2D eigenvalue weighted by Crippen LogP contribution is 2.33. The molecule has 2 amide bonds. The van der Waals surface area contributed by atoms with E-state index >= 15 is 4.39 Å². The molecule has 0 spiro atoms. The fourth-order valence-corrected chi connectivity index (χ4v) is 6.81. The van der Waals surface area contributed by atoms with Crippen LogP contribution in [-0.4, -0.2) is 65.1 Å². The third-order valence-electron chi connectivity index (χ3n) is 8.06. The molecule has 4 aromatic rings. The van der Waals surface area contributed by atoms with Gasteiger partial charge in [0.2, 0.25) is 11.8 Å². The second kappa shape index (κ2) is 18.1. The summed E-state index contributed by atoms with van der Waals surface area (Å²) >= 11 is 0. The van der Waals surface area contributed by atoms with Crippen molar-refractivity contribution in [2.24, 2.45) is 0 Å². The Hall–Kier alpha value is -5.10. The molecular weight excluding hydrogens is 661 g/mol. The minimum Gasteiger partial charge on any atom is -0.494 e. The Labute approximate surface area is 293 Å². The second-order valence-corrected chi connectivity index (χ2v) is 13.3. The molecular formula is C38H44FN3O7S. The zero-order chi connectivity index (χ0) is 36.1. The van der Waals surface area contributed by atoms with E-state index in [-0.39, 0.29) is 34.9 Å². The van der Waals surface area contributed by atoms with Gasteiger partial charge in [-0.15, -0.1) is 0 Å². The second-order valence-electron chi connectivity index (χ2n) is 11.4. The van der Waals surface area contributed by atoms with E-state index in [1.54, 1.807) is 18.2 Å². The molecule has 0 aliphatic carbocycles. The third kappa shape index (κ3) is 9.53. The van der Waals surface area contributed by atoms with Gasteiger partial charge in [-0.2, -0.15) is 0 Å². The molecule has 0 heterocycles. The van der Waals surface area contributed by atoms with Crippen LogP contribution in [0.4, 0.5) is 10.1 Å². The lowest BCUT2D eigenvalue weighted by Gasteiger charge is -2.34. The average Bonchev–Trinajstić information content (AvgIpc) is 3.13. The van der Waals surface area contributed by atoms with E-state index in [0.29, 0.717) is 24.7 Å². The van der Waals surface area contributed by atoms with Gasteiger partial charge >= 0.3 is 0 Å². The Morgan fingerprint density at radius 3 is 2.18 bits per heavy atom. The summed E-state index contributed by atoms with van der Waals surface area (Å²) < 4.78 is 61.2. The molecule has 4 aromatic carbocycles. The highest BCUT2D eigenvalue weighted by Gasteiger charge is 2.35. The minimum absolute atomic E-state index is 0.116. The molecule has 1 atom stereocenters. The van der Waals surface area contributed by atoms with Crippen LogP contribution in [0, 0.1) is 5.82 Å². The van der Waals surface area contributed by atoms with Crippen molar-refractivity contribution in [3.05, 3.63) is 114 Å². The van der Waals surface area contributed by atoms with Gasteiger partial charge in [-0.25, -0.2) is 12.8 Å². The van der Waals surface area contributed by atoms with E-state index in [0.717, 1.165) is 22.7 Å². The largest absolute Gasteiger partial charge is 0.494 e. The molecule has 0 radical (unpaired) electrons. The van der Waals surface area contributed by atoms with Crippen LogP contribution in [-0.2, 0) is 32.6 Å². The summed E-state index contributed by atoms with van der Waals surface area (Å²) in [5, 5.41) is 2.92. The third-order valence-corrected chi connectivity index (χ3v) is 9.83. The van der Waals surface area contributed by atoms with Gasteiger partial charge in [0.15, 0.2) is 11.5 Å². The van der Waals surface area contributed by atoms with Crippen LogP contribution >= 0.6 is 0 Å². The molecule has 0 bridgehead atoms. The van der Waals surface area contributed by atoms with Crippen LogP contribution in [0.5, 0.6) is 17.2 Å². The zero-order valence-electron chi connectivity index (χ0n) is 28.8. The lowest BCUT2D eigenvalue weighted by atomic mass is 10.0. The lowest BCUT2D eigenvalue weighted by molar-refractivity contribution is -0.140. The summed E-state index contributed by atoms with van der Waals surface area (Å²) in [6, 6.07) is 24.5. The van der Waals surface area contributed by atoms with Crippen molar-refractivity contribution < 1.29 is 36.6 Å². The van der Waals surface area contributed by atoms with Crippen molar-refractivity contribution in [3.8, 4) is 17.2 Å². The normalized spacial score (nSPS) is 11.7. The number of amides is 2. The number of rotatable bonds is 18. The molecule has 50 heavy (non-hydrogen) atoms. The topological polar surface area (TPSA) is 114 Å². The molecule has 10 nitrogen and oxygen atoms in total. The van der Waals surface area contributed by atoms with Crippen molar-refractivity contribution in [2.75, 3.05) is 38.2 Å². The molecule has 1 unspecified atom stereocenters. The maximum absolute atomic E-state index is 15.1. The van der Waals surface area contributed by atoms with Crippen LogP contribution in [0.2, 0.25) is 0 Å². The monoisotopic (exact) mass is 705 g/mol. The van der Waals surface area contributed by atoms with Gasteiger partial charge in [0, 0.05) is 31.1 Å². The number of carbonyl (C=O) groups is 2. The van der Waals surface area contributed by atoms with E-state index in [2.05, 4.69) is 5.32 Å². The average molecular weight is 706 g/mol. The van der Waals surface area contributed by atoms with Crippen LogP contribution in [0.25, 0.3) is 0 Å². The minimum atomic E-state index is -4.43. The molecule has 0 fully saturated rings. The fraction of sp³-hybridized carbons (Fsp3) is 0.316. The summed E-state index contributed by atoms with van der Waals surface area (Å²) in [7, 11) is -1.61. The van der Waals surface area contributed by atoms with Crippen LogP contribution < -0.4 is 23.8 Å². The van der Waals surface area contributed by atoms with Crippen molar-refractivity contribution >= 4 is 27.5 Å². The highest BCUT2D eigenvalue weighted by molar-refractivity contribution is 7.92. The maximum Gasteiger partial charge on any atom is 0.264 e. The first-order valence-electron chi connectivity index (χ1n) is 16.4. The van der Waals surface area contributed by atoms with Crippen LogP contribution in [0.3, 0.4) is 0 Å². The van der Waals surface area contributed by atoms with Crippen molar-refractivity contribution in [1.82, 2.24) is 10.2 Å². The van der Waals surface area contributed by atoms with E-state index in [9.17, 15) is 18.0 Å². The number of nitrogens with one attached hydrogen (secondary N) is 1. The Bertz CT molecular complexity index is 1820. The SMILES string of the molecule is CCCCNC(=O)C(Cc1ccccc1)N(Cc1ccccc1F)C(=O)CN(c1ccc(OCC)cc1)S(=O)(=O)c1ccc(OC)c(OC)c1. The number of methoxy groups -OCH3 is 2. The molecule has 0 aromatic heterocycles. The first-order chi connectivity index (χ1) is 24.1. The molecule has 0 aliphatic heterocycles. The van der Waals surface area contributed by atoms with E-state index < -0.39 is 40.2 Å². The van der Waals surface area contributed by atoms with Gasteiger partial charge in [0.05, 0.1) is 31.4 Å². The van der Waals surface area contributed by atoms with Gasteiger partial charge < -0.3 is 24.4 Å². The number of ether oxygens (including phenoxy) is 3. The van der Waals surface area contributed by atoms with Crippen molar-refractivity contribution in [1.29, 1.82) is 0 Å². The Morgan fingerprint density at radius 1 is 0.860 bits per heavy atom. The molecule has 4 rings (SSSR count). The number of anilines is 1. The standard InChI is InChI=1S/C38H44FN3O7S/c1-5-7-23-40-38(44)34(24-28-13-9-8-10-14-28)41(26-29-15-11-12-16-33(29)39)37(43)27-42(30-17-19-31(20-18-30)49-6-2)50(45,46)32-21-22-35(47-3)36(25-32)48-4/h8-22,25,34H,5-7,23-24,26-27H2,1-4H3,(H,40,44). The number of carbonyl (C=O) groups excluding carboxylic acids is 2. The van der Waals surface area contributed by atoms with Gasteiger partial charge in [-0.1, -0.05) is 61.9 Å². The zero-order valence-corrected chi connectivity index (χ0v) is 29.6. The Kier molecular flexibility index (Phi) is 13.6. The highest BCUT2D eigenvalue weighted by atomic mass is 32.2. The molecule has 1 N–H and O–H groups in total. The number of unbranched alkanes of at least 4 members (excludes halogenated alkanes) is 1. The number of hydrogen-bond donors (Lipinski definition) is 1. The molecule has 12 heteroatoms. The van der Waals surface area contributed by atoms with E-state index in [1.807, 2.05) is 44.2 Å². The first kappa shape index (κ1) is 37.7. The van der Waals surface area contributed by atoms with Crippen LogP contribution in [0.1, 0.15) is 37.8 Å². The van der Waals surface area contributed by atoms with E-state index in [4.69, 9.17) is 14.2 Å². The Morgan fingerprint density at radius 2 is 1.54 bits per heavy atom. The smallest absolute Gasteiger partial charge is 0.264 e. The first-order valence-corrected chi connectivity index (χ1v) is 17.9. The summed E-state index contributed by atoms with van der Waals surface area (Å²) in [6.07, 6.45) is 1.68. The quantitative estimate of drug-likeness (QED) is 0.127. The number of nitrogens with zero attached hydrogens (tertiary/aromatic N) is 2. The number of halogens is 1. The lowest BCUT2D eigenvalue weighted by Crippen LogP contribution is -2.53. The van der Waals surface area contributed by atoms with Gasteiger partial charge in [0.25, 0.3) is 10.0 Å². The molecule has 0 saturated carbocycles. The fourth-order valence-electron chi connectivity index (χ4n) is 5.38. The summed E-state index contributed by atoms with van der Waals surface area (Å²) in [4.78, 5) is 29.6. The Balaban J connectivity index is 1.83. The summed E-state index contributed by atoms with van der Waals surface area (Å²) in [5.74, 6) is -0.682. The predicted octanol–water partition coefficient (Wildman–Crippen LogP) is 5.99. The van der Waals surface area contributed by atoms with Gasteiger partial charge in [0.1, 0.15) is 24.2 Å². The van der Waals surface area contributed by atoms with Crippen molar-refractivity contribution in [2.45, 2.75) is 50.6 Å². The van der Waals surface area contributed by atoms with Crippen molar-refractivity contribution in [3.63, 3.8) is 0 Å². The van der Waals surface area contributed by atoms with Crippen LogP contribution in [0.15, 0.2) is 102 Å².